The maximum absolute atomic E-state index is 3.96. The van der Waals surface area contributed by atoms with Crippen LogP contribution >= 0.6 is 0 Å². The summed E-state index contributed by atoms with van der Waals surface area (Å²) in [5.74, 6) is 0. The molecule has 68 valence electrons. The molecule has 0 aromatic rings. The molecule has 0 saturated carbocycles. The molecular formula is C12H15N. The van der Waals surface area contributed by atoms with E-state index in [-0.39, 0.29) is 0 Å². The minimum atomic E-state index is 0.993. The molecule has 0 amide bonds. The van der Waals surface area contributed by atoms with Crippen molar-refractivity contribution in [2.45, 2.75) is 19.8 Å². The van der Waals surface area contributed by atoms with E-state index < -0.39 is 0 Å². The lowest BCUT2D eigenvalue weighted by atomic mass is 9.95. The summed E-state index contributed by atoms with van der Waals surface area (Å²) in [6.45, 7) is 9.59. The first-order valence-corrected chi connectivity index (χ1v) is 4.44. The van der Waals surface area contributed by atoms with Crippen LogP contribution in [0, 0.1) is 0 Å². The van der Waals surface area contributed by atoms with Crippen LogP contribution in [0.25, 0.3) is 0 Å². The molecule has 0 saturated heterocycles. The topological polar surface area (TPSA) is 12.4 Å². The van der Waals surface area contributed by atoms with Gasteiger partial charge in [-0.15, -0.1) is 0 Å². The van der Waals surface area contributed by atoms with Gasteiger partial charge in [0, 0.05) is 12.4 Å². The largest absolute Gasteiger partial charge is 0.265 e. The summed E-state index contributed by atoms with van der Waals surface area (Å²) in [5, 5.41) is 0. The molecule has 1 aliphatic rings. The van der Waals surface area contributed by atoms with Gasteiger partial charge < -0.3 is 0 Å². The molecule has 0 bridgehead atoms. The molecule has 0 heterocycles. The van der Waals surface area contributed by atoms with Crippen molar-refractivity contribution in [3.8, 4) is 0 Å². The van der Waals surface area contributed by atoms with Gasteiger partial charge in [-0.25, -0.2) is 0 Å². The summed E-state index contributed by atoms with van der Waals surface area (Å²) in [6, 6.07) is 0. The maximum atomic E-state index is 3.96. The van der Waals surface area contributed by atoms with Crippen molar-refractivity contribution in [3.05, 3.63) is 48.2 Å². The van der Waals surface area contributed by atoms with Gasteiger partial charge in [-0.1, -0.05) is 30.9 Å². The molecule has 13 heavy (non-hydrogen) atoms. The number of aliphatic imine (C=N–C) groups is 1. The van der Waals surface area contributed by atoms with E-state index in [1.807, 2.05) is 0 Å². The van der Waals surface area contributed by atoms with Crippen molar-refractivity contribution in [2.75, 3.05) is 0 Å². The quantitative estimate of drug-likeness (QED) is 0.580. The van der Waals surface area contributed by atoms with Crippen LogP contribution in [-0.2, 0) is 0 Å². The van der Waals surface area contributed by atoms with Gasteiger partial charge in [-0.2, -0.15) is 0 Å². The second kappa shape index (κ2) is 4.61. The first-order chi connectivity index (χ1) is 6.24. The first-order valence-electron chi connectivity index (χ1n) is 4.44. The SMILES string of the molecule is C=CN=CC(=C)C1=CC(C)=CCC1. The van der Waals surface area contributed by atoms with E-state index in [2.05, 4.69) is 37.2 Å². The monoisotopic (exact) mass is 173 g/mol. The Hall–Kier alpha value is -1.37. The number of rotatable bonds is 3. The van der Waals surface area contributed by atoms with E-state index in [0.29, 0.717) is 0 Å². The summed E-state index contributed by atoms with van der Waals surface area (Å²) >= 11 is 0. The third kappa shape index (κ3) is 2.86. The summed E-state index contributed by atoms with van der Waals surface area (Å²) in [7, 11) is 0. The zero-order valence-electron chi connectivity index (χ0n) is 8.09. The lowest BCUT2D eigenvalue weighted by molar-refractivity contribution is 0.967. The molecule has 0 fully saturated rings. The minimum absolute atomic E-state index is 0.993. The van der Waals surface area contributed by atoms with E-state index in [0.717, 1.165) is 18.4 Å². The number of hydrogen-bond acceptors (Lipinski definition) is 1. The minimum Gasteiger partial charge on any atom is -0.265 e. The zero-order valence-corrected chi connectivity index (χ0v) is 8.09. The molecule has 0 spiro atoms. The Labute approximate surface area is 79.9 Å². The van der Waals surface area contributed by atoms with Gasteiger partial charge in [0.05, 0.1) is 0 Å². The van der Waals surface area contributed by atoms with Crippen molar-refractivity contribution < 1.29 is 0 Å². The fourth-order valence-electron chi connectivity index (χ4n) is 1.34. The average Bonchev–Trinajstić information content (AvgIpc) is 2.14. The van der Waals surface area contributed by atoms with E-state index in [1.54, 1.807) is 6.21 Å². The molecule has 0 unspecified atom stereocenters. The third-order valence-corrected chi connectivity index (χ3v) is 2.03. The Morgan fingerprint density at radius 1 is 1.62 bits per heavy atom. The normalized spacial score (nSPS) is 16.7. The Bertz CT molecular complexity index is 303. The highest BCUT2D eigenvalue weighted by Gasteiger charge is 2.04. The number of nitrogens with zero attached hydrogens (tertiary/aromatic N) is 1. The molecule has 0 atom stereocenters. The molecule has 1 heteroatoms. The molecule has 0 aliphatic heterocycles. The highest BCUT2D eigenvalue weighted by molar-refractivity contribution is 5.84. The van der Waals surface area contributed by atoms with Crippen LogP contribution in [0.5, 0.6) is 0 Å². The van der Waals surface area contributed by atoms with Crippen LogP contribution in [0.1, 0.15) is 19.8 Å². The van der Waals surface area contributed by atoms with Crippen LogP contribution in [0.15, 0.2) is 53.2 Å². The van der Waals surface area contributed by atoms with E-state index in [1.165, 1.54) is 17.3 Å². The van der Waals surface area contributed by atoms with Crippen LogP contribution in [-0.4, -0.2) is 6.21 Å². The van der Waals surface area contributed by atoms with Crippen molar-refractivity contribution in [3.63, 3.8) is 0 Å². The Balaban J connectivity index is 2.72. The fourth-order valence-corrected chi connectivity index (χ4v) is 1.34. The summed E-state index contributed by atoms with van der Waals surface area (Å²) in [6.07, 6.45) is 9.87. The predicted octanol–water partition coefficient (Wildman–Crippen LogP) is 3.42. The number of allylic oxidation sites excluding steroid dienone is 5. The summed E-state index contributed by atoms with van der Waals surface area (Å²) in [4.78, 5) is 3.95. The van der Waals surface area contributed by atoms with Gasteiger partial charge in [0.1, 0.15) is 0 Å². The van der Waals surface area contributed by atoms with Crippen molar-refractivity contribution in [1.82, 2.24) is 0 Å². The lowest BCUT2D eigenvalue weighted by Crippen LogP contribution is -1.94. The average molecular weight is 173 g/mol. The van der Waals surface area contributed by atoms with E-state index in [4.69, 9.17) is 0 Å². The Morgan fingerprint density at radius 3 is 3.00 bits per heavy atom. The van der Waals surface area contributed by atoms with Crippen molar-refractivity contribution in [2.24, 2.45) is 4.99 Å². The first kappa shape index (κ1) is 9.72. The second-order valence-corrected chi connectivity index (χ2v) is 3.14. The smallest absolute Gasteiger partial charge is 0.0336 e. The summed E-state index contributed by atoms with van der Waals surface area (Å²) in [5.41, 5.74) is 3.59. The van der Waals surface area contributed by atoms with Gasteiger partial charge in [-0.05, 0) is 30.9 Å². The van der Waals surface area contributed by atoms with Crippen LogP contribution < -0.4 is 0 Å². The van der Waals surface area contributed by atoms with E-state index >= 15 is 0 Å². The highest BCUT2D eigenvalue weighted by atomic mass is 14.7. The second-order valence-electron chi connectivity index (χ2n) is 3.14. The molecule has 1 rings (SSSR count). The van der Waals surface area contributed by atoms with Gasteiger partial charge in [0.15, 0.2) is 0 Å². The fraction of sp³-hybridized carbons (Fsp3) is 0.250. The van der Waals surface area contributed by atoms with E-state index in [9.17, 15) is 0 Å². The molecule has 0 radical (unpaired) electrons. The highest BCUT2D eigenvalue weighted by Crippen LogP contribution is 2.21. The predicted molar refractivity (Wildman–Crippen MR) is 58.9 cm³/mol. The molecule has 0 aromatic heterocycles. The van der Waals surface area contributed by atoms with Gasteiger partial charge in [0.25, 0.3) is 0 Å². The molecule has 1 aliphatic carbocycles. The van der Waals surface area contributed by atoms with Gasteiger partial charge in [0.2, 0.25) is 0 Å². The van der Waals surface area contributed by atoms with Crippen LogP contribution in [0.2, 0.25) is 0 Å². The molecular weight excluding hydrogens is 158 g/mol. The molecule has 1 nitrogen and oxygen atoms in total. The summed E-state index contributed by atoms with van der Waals surface area (Å²) < 4.78 is 0. The lowest BCUT2D eigenvalue weighted by Gasteiger charge is -2.10. The van der Waals surface area contributed by atoms with Gasteiger partial charge >= 0.3 is 0 Å². The van der Waals surface area contributed by atoms with Crippen LogP contribution in [0.4, 0.5) is 0 Å². The van der Waals surface area contributed by atoms with Gasteiger partial charge in [-0.3, -0.25) is 4.99 Å². The Kier molecular flexibility index (Phi) is 3.44. The van der Waals surface area contributed by atoms with Crippen molar-refractivity contribution in [1.29, 1.82) is 0 Å². The zero-order chi connectivity index (χ0) is 9.68. The molecule has 0 aromatic carbocycles. The maximum Gasteiger partial charge on any atom is 0.0336 e. The Morgan fingerprint density at radius 2 is 2.38 bits per heavy atom. The number of hydrogen-bond donors (Lipinski definition) is 0. The molecule has 0 N–H and O–H groups in total. The standard InChI is InChI=1S/C12H15N/c1-4-13-9-11(3)12-7-5-6-10(2)8-12/h4,6,8-9H,1,3,5,7H2,2H3. The van der Waals surface area contributed by atoms with Crippen molar-refractivity contribution >= 4 is 6.21 Å². The van der Waals surface area contributed by atoms with Crippen LogP contribution in [0.3, 0.4) is 0 Å². The third-order valence-electron chi connectivity index (χ3n) is 2.03.